The molecule has 0 unspecified atom stereocenters. The normalized spacial score (nSPS) is 15.1. The molecule has 4 rings (SSSR count). The minimum Gasteiger partial charge on any atom is -0.487 e. The van der Waals surface area contributed by atoms with E-state index in [9.17, 15) is 8.78 Å². The van der Waals surface area contributed by atoms with Gasteiger partial charge in [-0.1, -0.05) is 6.07 Å². The van der Waals surface area contributed by atoms with Crippen LogP contribution < -0.4 is 4.74 Å². The van der Waals surface area contributed by atoms with E-state index in [1.807, 2.05) is 18.2 Å². The molecule has 0 amide bonds. The molecule has 25 heavy (non-hydrogen) atoms. The lowest BCUT2D eigenvalue weighted by atomic mass is 10.1. The van der Waals surface area contributed by atoms with Gasteiger partial charge in [-0.15, -0.1) is 0 Å². The Kier molecular flexibility index (Phi) is 4.31. The highest BCUT2D eigenvalue weighted by Crippen LogP contribution is 2.24. The molecule has 1 aliphatic rings. The van der Waals surface area contributed by atoms with Crippen molar-refractivity contribution in [3.8, 4) is 5.75 Å². The van der Waals surface area contributed by atoms with Crippen LogP contribution in [-0.4, -0.2) is 32.6 Å². The predicted molar refractivity (Wildman–Crippen MR) is 88.2 cm³/mol. The average molecular weight is 344 g/mol. The van der Waals surface area contributed by atoms with Gasteiger partial charge in [0.25, 0.3) is 0 Å². The number of benzene rings is 1. The van der Waals surface area contributed by atoms with E-state index in [0.29, 0.717) is 12.2 Å². The van der Waals surface area contributed by atoms with Crippen molar-refractivity contribution in [2.75, 3.05) is 13.1 Å². The molecule has 0 atom stereocenters. The minimum atomic E-state index is -0.569. The highest BCUT2D eigenvalue weighted by atomic mass is 19.1. The molecular weight excluding hydrogens is 326 g/mol. The van der Waals surface area contributed by atoms with Crippen LogP contribution in [0.1, 0.15) is 24.1 Å². The van der Waals surface area contributed by atoms with Crippen LogP contribution in [0.2, 0.25) is 0 Å². The summed E-state index contributed by atoms with van der Waals surface area (Å²) in [5.74, 6) is -0.973. The van der Waals surface area contributed by atoms with Crippen molar-refractivity contribution in [2.45, 2.75) is 26.0 Å². The van der Waals surface area contributed by atoms with E-state index in [1.165, 1.54) is 18.5 Å². The van der Waals surface area contributed by atoms with Crippen LogP contribution in [-0.2, 0) is 13.2 Å². The molecule has 5 nitrogen and oxygen atoms in total. The van der Waals surface area contributed by atoms with Gasteiger partial charge in [0.2, 0.25) is 0 Å². The largest absolute Gasteiger partial charge is 0.487 e. The Bertz CT molecular complexity index is 867. The Morgan fingerprint density at radius 1 is 1.08 bits per heavy atom. The lowest BCUT2D eigenvalue weighted by Gasteiger charge is -2.16. The van der Waals surface area contributed by atoms with Gasteiger partial charge in [-0.25, -0.2) is 18.3 Å². The van der Waals surface area contributed by atoms with Crippen molar-refractivity contribution in [1.82, 2.24) is 19.5 Å². The molecule has 0 spiro atoms. The molecule has 0 saturated carbocycles. The lowest BCUT2D eigenvalue weighted by Crippen LogP contribution is -2.20. The fourth-order valence-electron chi connectivity index (χ4n) is 3.15. The molecule has 1 aliphatic heterocycles. The van der Waals surface area contributed by atoms with Crippen LogP contribution in [0.3, 0.4) is 0 Å². The summed E-state index contributed by atoms with van der Waals surface area (Å²) in [6.07, 6.45) is 3.61. The molecular formula is C18H18F2N4O. The lowest BCUT2D eigenvalue weighted by molar-refractivity contribution is 0.290. The number of ether oxygens (including phenoxy) is 1. The first-order valence-electron chi connectivity index (χ1n) is 8.31. The minimum absolute atomic E-state index is 0.104. The summed E-state index contributed by atoms with van der Waals surface area (Å²) in [5, 5.41) is 4.11. The fraction of sp³-hybridized carbons (Fsp3) is 0.333. The maximum Gasteiger partial charge on any atom is 0.155 e. The Morgan fingerprint density at radius 2 is 1.84 bits per heavy atom. The Balaban J connectivity index is 1.50. The van der Waals surface area contributed by atoms with Gasteiger partial charge >= 0.3 is 0 Å². The molecule has 1 aromatic carbocycles. The zero-order valence-corrected chi connectivity index (χ0v) is 13.7. The Labute approximate surface area is 143 Å². The first kappa shape index (κ1) is 16.0. The number of fused-ring (bicyclic) bond motifs is 1. The predicted octanol–water partition coefficient (Wildman–Crippen LogP) is 3.18. The number of pyridine rings is 1. The smallest absolute Gasteiger partial charge is 0.155 e. The van der Waals surface area contributed by atoms with Gasteiger partial charge in [0, 0.05) is 24.2 Å². The third kappa shape index (κ3) is 3.32. The molecule has 7 heteroatoms. The van der Waals surface area contributed by atoms with Gasteiger partial charge in [0.1, 0.15) is 30.3 Å². The van der Waals surface area contributed by atoms with Crippen LogP contribution >= 0.6 is 0 Å². The Morgan fingerprint density at radius 3 is 2.60 bits per heavy atom. The number of halogens is 2. The quantitative estimate of drug-likeness (QED) is 0.713. The molecule has 3 aromatic rings. The first-order valence-corrected chi connectivity index (χ1v) is 8.31. The van der Waals surface area contributed by atoms with Gasteiger partial charge in [0.15, 0.2) is 5.65 Å². The number of rotatable bonds is 5. The van der Waals surface area contributed by atoms with E-state index in [2.05, 4.69) is 15.0 Å². The SMILES string of the molecule is Fc1cc(OCc2cccc3ncnn23)cc(F)c1CN1CCCC1. The molecule has 130 valence electrons. The number of hydrogen-bond acceptors (Lipinski definition) is 4. The van der Waals surface area contributed by atoms with E-state index < -0.39 is 11.6 Å². The summed E-state index contributed by atoms with van der Waals surface area (Å²) in [5.41, 5.74) is 1.55. The van der Waals surface area contributed by atoms with Gasteiger partial charge in [-0.05, 0) is 38.1 Å². The van der Waals surface area contributed by atoms with Gasteiger partial charge in [-0.2, -0.15) is 5.10 Å². The molecule has 1 fully saturated rings. The van der Waals surface area contributed by atoms with Gasteiger partial charge in [0.05, 0.1) is 5.69 Å². The van der Waals surface area contributed by atoms with Crippen molar-refractivity contribution >= 4 is 5.65 Å². The summed E-state index contributed by atoms with van der Waals surface area (Å²) >= 11 is 0. The van der Waals surface area contributed by atoms with Crippen LogP contribution in [0, 0.1) is 11.6 Å². The third-order valence-electron chi connectivity index (χ3n) is 4.46. The molecule has 0 bridgehead atoms. The molecule has 1 saturated heterocycles. The summed E-state index contributed by atoms with van der Waals surface area (Å²) in [7, 11) is 0. The number of hydrogen-bond donors (Lipinski definition) is 0. The summed E-state index contributed by atoms with van der Waals surface area (Å²) < 4.78 is 35.8. The monoisotopic (exact) mass is 344 g/mol. The van der Waals surface area contributed by atoms with E-state index in [1.54, 1.807) is 4.52 Å². The topological polar surface area (TPSA) is 42.7 Å². The fourth-order valence-corrected chi connectivity index (χ4v) is 3.15. The van der Waals surface area contributed by atoms with Crippen molar-refractivity contribution in [3.63, 3.8) is 0 Å². The van der Waals surface area contributed by atoms with Gasteiger partial charge in [-0.3, -0.25) is 4.90 Å². The molecule has 2 aromatic heterocycles. The number of aromatic nitrogens is 3. The van der Waals surface area contributed by atoms with Crippen molar-refractivity contribution in [2.24, 2.45) is 0 Å². The molecule has 0 aliphatic carbocycles. The van der Waals surface area contributed by atoms with Crippen molar-refractivity contribution in [3.05, 3.63) is 59.6 Å². The van der Waals surface area contributed by atoms with E-state index in [-0.39, 0.29) is 17.9 Å². The highest BCUT2D eigenvalue weighted by molar-refractivity contribution is 5.37. The zero-order valence-electron chi connectivity index (χ0n) is 13.7. The second-order valence-corrected chi connectivity index (χ2v) is 6.18. The van der Waals surface area contributed by atoms with Crippen molar-refractivity contribution < 1.29 is 13.5 Å². The third-order valence-corrected chi connectivity index (χ3v) is 4.46. The van der Waals surface area contributed by atoms with E-state index in [4.69, 9.17) is 4.74 Å². The van der Waals surface area contributed by atoms with Crippen LogP contribution in [0.25, 0.3) is 5.65 Å². The Hall–Kier alpha value is -2.54. The maximum absolute atomic E-state index is 14.3. The van der Waals surface area contributed by atoms with E-state index in [0.717, 1.165) is 31.6 Å². The standard InChI is InChI=1S/C18H18F2N4O/c19-16-8-14(9-17(20)15(16)10-23-6-1-2-7-23)25-11-13-4-3-5-18-21-12-22-24(13)18/h3-5,8-9,12H,1-2,6-7,10-11H2. The maximum atomic E-state index is 14.3. The summed E-state index contributed by atoms with van der Waals surface area (Å²) in [6.45, 7) is 2.22. The summed E-state index contributed by atoms with van der Waals surface area (Å²) in [4.78, 5) is 6.16. The van der Waals surface area contributed by atoms with E-state index >= 15 is 0 Å². The molecule has 0 radical (unpaired) electrons. The second-order valence-electron chi connectivity index (χ2n) is 6.18. The number of likely N-dealkylation sites (tertiary alicyclic amines) is 1. The first-order chi connectivity index (χ1) is 12.2. The number of nitrogens with zero attached hydrogens (tertiary/aromatic N) is 4. The zero-order chi connectivity index (χ0) is 17.2. The highest BCUT2D eigenvalue weighted by Gasteiger charge is 2.18. The van der Waals surface area contributed by atoms with Crippen molar-refractivity contribution in [1.29, 1.82) is 0 Å². The van der Waals surface area contributed by atoms with Crippen LogP contribution in [0.4, 0.5) is 8.78 Å². The molecule has 0 N–H and O–H groups in total. The second kappa shape index (κ2) is 6.76. The summed E-state index contributed by atoms with van der Waals surface area (Å²) in [6, 6.07) is 7.98. The average Bonchev–Trinajstić information content (AvgIpc) is 3.27. The van der Waals surface area contributed by atoms with Gasteiger partial charge < -0.3 is 4.74 Å². The van der Waals surface area contributed by atoms with Crippen LogP contribution in [0.5, 0.6) is 5.75 Å². The van der Waals surface area contributed by atoms with Crippen LogP contribution in [0.15, 0.2) is 36.7 Å². The molecule has 3 heterocycles.